The lowest BCUT2D eigenvalue weighted by atomic mass is 10.0. The van der Waals surface area contributed by atoms with Crippen molar-refractivity contribution in [1.82, 2.24) is 19.1 Å². The molecule has 0 radical (unpaired) electrons. The van der Waals surface area contributed by atoms with Gasteiger partial charge in [0.1, 0.15) is 11.5 Å². The van der Waals surface area contributed by atoms with Crippen LogP contribution in [0.2, 0.25) is 0 Å². The molecule has 218 valence electrons. The van der Waals surface area contributed by atoms with Crippen molar-refractivity contribution in [2.24, 2.45) is 0 Å². The van der Waals surface area contributed by atoms with Gasteiger partial charge in [-0.1, -0.05) is 84.9 Å². The number of para-hydroxylation sites is 3. The maximum absolute atomic E-state index is 6.31. The first-order valence-corrected chi connectivity index (χ1v) is 15.8. The summed E-state index contributed by atoms with van der Waals surface area (Å²) in [5.74, 6) is 2.22. The molecular formula is C42H24N4O. The summed E-state index contributed by atoms with van der Waals surface area (Å²) in [6, 6.07) is 51.3. The molecule has 3 aromatic heterocycles. The van der Waals surface area contributed by atoms with Crippen LogP contribution in [0, 0.1) is 0 Å². The summed E-state index contributed by atoms with van der Waals surface area (Å²) < 4.78 is 10.9. The minimum Gasteiger partial charge on any atom is -0.456 e. The van der Waals surface area contributed by atoms with Crippen molar-refractivity contribution in [3.63, 3.8) is 0 Å². The van der Waals surface area contributed by atoms with E-state index in [1.165, 1.54) is 37.8 Å². The molecule has 0 saturated heterocycles. The third-order valence-electron chi connectivity index (χ3n) is 9.70. The molecule has 10 aromatic rings. The highest BCUT2D eigenvalue weighted by Gasteiger charge is 2.25. The van der Waals surface area contributed by atoms with E-state index in [9.17, 15) is 0 Å². The van der Waals surface area contributed by atoms with Crippen LogP contribution < -0.4 is 4.74 Å². The Morgan fingerprint density at radius 3 is 2.15 bits per heavy atom. The SMILES string of the molecule is c1ccc(-n2c3ccccc3c3cc4c5c6ccccc6ccc5n(-c5nc6c7c(cccc7n5)Oc5ccccc5-6)c4cc32)cc1. The molecule has 0 saturated carbocycles. The van der Waals surface area contributed by atoms with Gasteiger partial charge in [0.2, 0.25) is 5.95 Å². The maximum atomic E-state index is 6.31. The van der Waals surface area contributed by atoms with E-state index in [1.54, 1.807) is 0 Å². The molecule has 0 amide bonds. The van der Waals surface area contributed by atoms with Gasteiger partial charge in [0.25, 0.3) is 0 Å². The minimum atomic E-state index is 0.637. The second kappa shape index (κ2) is 9.05. The van der Waals surface area contributed by atoms with Gasteiger partial charge < -0.3 is 9.30 Å². The molecule has 4 heterocycles. The fourth-order valence-corrected chi connectivity index (χ4v) is 7.71. The smallest absolute Gasteiger partial charge is 0.235 e. The monoisotopic (exact) mass is 600 g/mol. The molecule has 0 bridgehead atoms. The van der Waals surface area contributed by atoms with Crippen LogP contribution in [-0.2, 0) is 0 Å². The molecule has 1 aliphatic heterocycles. The zero-order chi connectivity index (χ0) is 30.6. The van der Waals surface area contributed by atoms with Crippen molar-refractivity contribution < 1.29 is 4.74 Å². The van der Waals surface area contributed by atoms with Gasteiger partial charge in [-0.15, -0.1) is 0 Å². The predicted octanol–water partition coefficient (Wildman–Crippen LogP) is 10.7. The van der Waals surface area contributed by atoms with Crippen LogP contribution in [0.25, 0.3) is 88.2 Å². The third-order valence-corrected chi connectivity index (χ3v) is 9.70. The molecule has 0 fully saturated rings. The number of fused-ring (bicyclic) bond motifs is 10. The quantitative estimate of drug-likeness (QED) is 0.198. The lowest BCUT2D eigenvalue weighted by Crippen LogP contribution is -2.06. The normalized spacial score (nSPS) is 12.4. The van der Waals surface area contributed by atoms with Crippen LogP contribution in [0.3, 0.4) is 0 Å². The van der Waals surface area contributed by atoms with Gasteiger partial charge in [0.15, 0.2) is 0 Å². The zero-order valence-corrected chi connectivity index (χ0v) is 25.1. The van der Waals surface area contributed by atoms with Crippen LogP contribution in [0.4, 0.5) is 0 Å². The number of hydrogen-bond acceptors (Lipinski definition) is 3. The fourth-order valence-electron chi connectivity index (χ4n) is 7.71. The highest BCUT2D eigenvalue weighted by molar-refractivity contribution is 6.25. The summed E-state index contributed by atoms with van der Waals surface area (Å²) in [6.45, 7) is 0. The molecule has 11 rings (SSSR count). The summed E-state index contributed by atoms with van der Waals surface area (Å²) in [4.78, 5) is 10.6. The topological polar surface area (TPSA) is 44.9 Å². The Labute approximate surface area is 268 Å². The number of rotatable bonds is 2. The second-order valence-corrected chi connectivity index (χ2v) is 12.2. The average molecular weight is 601 g/mol. The molecule has 1 aliphatic rings. The first kappa shape index (κ1) is 24.8. The molecule has 5 heteroatoms. The number of hydrogen-bond donors (Lipinski definition) is 0. The van der Waals surface area contributed by atoms with Gasteiger partial charge in [0, 0.05) is 32.8 Å². The van der Waals surface area contributed by atoms with Crippen molar-refractivity contribution in [1.29, 1.82) is 0 Å². The van der Waals surface area contributed by atoms with E-state index in [4.69, 9.17) is 14.7 Å². The molecule has 0 atom stereocenters. The first-order chi connectivity index (χ1) is 23.3. The highest BCUT2D eigenvalue weighted by Crippen LogP contribution is 2.46. The maximum Gasteiger partial charge on any atom is 0.235 e. The lowest BCUT2D eigenvalue weighted by Gasteiger charge is -2.21. The number of benzene rings is 7. The molecule has 7 aromatic carbocycles. The Balaban J connectivity index is 1.34. The van der Waals surface area contributed by atoms with Crippen LogP contribution in [0.15, 0.2) is 146 Å². The van der Waals surface area contributed by atoms with Gasteiger partial charge in [0.05, 0.1) is 38.7 Å². The van der Waals surface area contributed by atoms with Gasteiger partial charge in [-0.25, -0.2) is 9.97 Å². The second-order valence-electron chi connectivity index (χ2n) is 12.2. The average Bonchev–Trinajstić information content (AvgIpc) is 3.63. The van der Waals surface area contributed by atoms with Gasteiger partial charge >= 0.3 is 0 Å². The summed E-state index contributed by atoms with van der Waals surface area (Å²) in [5, 5.41) is 8.17. The Morgan fingerprint density at radius 1 is 0.447 bits per heavy atom. The molecular weight excluding hydrogens is 576 g/mol. The zero-order valence-electron chi connectivity index (χ0n) is 25.1. The Hall–Kier alpha value is -6.46. The fraction of sp³-hybridized carbons (Fsp3) is 0. The third kappa shape index (κ3) is 3.32. The minimum absolute atomic E-state index is 0.637. The van der Waals surface area contributed by atoms with Gasteiger partial charge in [-0.2, -0.15) is 0 Å². The number of nitrogens with zero attached hydrogens (tertiary/aromatic N) is 4. The van der Waals surface area contributed by atoms with Crippen molar-refractivity contribution in [3.8, 4) is 34.4 Å². The summed E-state index contributed by atoms with van der Waals surface area (Å²) in [7, 11) is 0. The summed E-state index contributed by atoms with van der Waals surface area (Å²) >= 11 is 0. The standard InChI is InChI=1S/C42H24N4O/c1-2-12-26(13-3-1)45-33-18-8-6-15-28(33)30-23-31-36(24-35(30)45)46(34-22-21-25-11-4-5-14-27(25)39(31)34)42-43-32-17-10-20-38-40(32)41(44-42)29-16-7-9-19-37(29)47-38/h1-24H. The largest absolute Gasteiger partial charge is 0.456 e. The summed E-state index contributed by atoms with van der Waals surface area (Å²) in [5.41, 5.74) is 8.29. The molecule has 0 N–H and O–H groups in total. The van der Waals surface area contributed by atoms with Crippen LogP contribution >= 0.6 is 0 Å². The van der Waals surface area contributed by atoms with E-state index in [2.05, 4.69) is 124 Å². The molecule has 5 nitrogen and oxygen atoms in total. The molecule has 0 unspecified atom stereocenters. The number of ether oxygens (including phenoxy) is 1. The van der Waals surface area contributed by atoms with E-state index in [0.29, 0.717) is 5.95 Å². The number of aromatic nitrogens is 4. The van der Waals surface area contributed by atoms with Crippen molar-refractivity contribution in [2.45, 2.75) is 0 Å². The first-order valence-electron chi connectivity index (χ1n) is 15.8. The molecule has 0 spiro atoms. The van der Waals surface area contributed by atoms with Crippen molar-refractivity contribution in [2.75, 3.05) is 0 Å². The highest BCUT2D eigenvalue weighted by atomic mass is 16.5. The van der Waals surface area contributed by atoms with Crippen LogP contribution in [0.5, 0.6) is 11.5 Å². The Kier molecular flexibility index (Phi) is 4.78. The Bertz CT molecular complexity index is 2940. The van der Waals surface area contributed by atoms with Gasteiger partial charge in [-0.05, 0) is 71.4 Å². The van der Waals surface area contributed by atoms with Crippen LogP contribution in [0.1, 0.15) is 0 Å². The van der Waals surface area contributed by atoms with Crippen molar-refractivity contribution >= 4 is 65.3 Å². The summed E-state index contributed by atoms with van der Waals surface area (Å²) in [6.07, 6.45) is 0. The molecule has 0 aliphatic carbocycles. The van der Waals surface area contributed by atoms with E-state index in [-0.39, 0.29) is 0 Å². The Morgan fingerprint density at radius 2 is 1.21 bits per heavy atom. The van der Waals surface area contributed by atoms with E-state index in [1.807, 2.05) is 30.3 Å². The van der Waals surface area contributed by atoms with Gasteiger partial charge in [-0.3, -0.25) is 4.57 Å². The van der Waals surface area contributed by atoms with E-state index in [0.717, 1.165) is 55.9 Å². The van der Waals surface area contributed by atoms with Crippen molar-refractivity contribution in [3.05, 3.63) is 146 Å². The molecule has 47 heavy (non-hydrogen) atoms. The van der Waals surface area contributed by atoms with E-state index < -0.39 is 0 Å². The predicted molar refractivity (Wildman–Crippen MR) is 191 cm³/mol. The van der Waals surface area contributed by atoms with Crippen LogP contribution in [-0.4, -0.2) is 19.1 Å². The lowest BCUT2D eigenvalue weighted by molar-refractivity contribution is 0.486. The van der Waals surface area contributed by atoms with E-state index >= 15 is 0 Å².